The maximum atomic E-state index is 15.7. The Morgan fingerprint density at radius 3 is 2.16 bits per heavy atom. The molecule has 1 heterocycles. The van der Waals surface area contributed by atoms with Gasteiger partial charge in [0.25, 0.3) is 0 Å². The fraction of sp³-hybridized carbons (Fsp3) is 0.952. The summed E-state index contributed by atoms with van der Waals surface area (Å²) in [5, 5.41) is 10.3. The van der Waals surface area contributed by atoms with Crippen LogP contribution in [0.2, 0.25) is 0 Å². The number of alkyl halides is 5. The van der Waals surface area contributed by atoms with Crippen LogP contribution < -0.4 is 0 Å². The van der Waals surface area contributed by atoms with Crippen molar-refractivity contribution in [3.8, 4) is 0 Å². The molecule has 5 aliphatic rings. The number of hydrogen-bond acceptors (Lipinski definition) is 5. The zero-order chi connectivity index (χ0) is 23.3. The molecule has 0 aromatic heterocycles. The molecule has 0 aromatic rings. The van der Waals surface area contributed by atoms with Gasteiger partial charge < -0.3 is 19.3 Å². The summed E-state index contributed by atoms with van der Waals surface area (Å²) in [6.45, 7) is 5.75. The van der Waals surface area contributed by atoms with Crippen molar-refractivity contribution in [2.24, 2.45) is 23.7 Å². The molecule has 4 saturated carbocycles. The van der Waals surface area contributed by atoms with E-state index in [0.717, 1.165) is 13.8 Å². The molecule has 5 nitrogen and oxygen atoms in total. The predicted octanol–water partition coefficient (Wildman–Crippen LogP) is 4.56. The number of carbonyl (C=O) groups excluding carboxylic acids is 1. The SMILES string of the molecule is CCC(C)C(=O)OC12CC3CC(C1)C1(OC(C)(C)OC(O)(C(F)(F)F)C1(F)F)C(C3)C2. The zero-order valence-electron chi connectivity index (χ0n) is 18.0. The second-order valence-electron chi connectivity index (χ2n) is 10.4. The number of aliphatic hydroxyl groups is 1. The summed E-state index contributed by atoms with van der Waals surface area (Å²) in [5.41, 5.74) is -3.55. The Kier molecular flexibility index (Phi) is 4.88. The lowest BCUT2D eigenvalue weighted by Crippen LogP contribution is -2.83. The molecular weight excluding hydrogens is 427 g/mol. The van der Waals surface area contributed by atoms with Gasteiger partial charge in [0, 0.05) is 0 Å². The first-order chi connectivity index (χ1) is 14.0. The molecule has 4 unspecified atom stereocenters. The van der Waals surface area contributed by atoms with E-state index in [9.17, 15) is 23.1 Å². The molecular formula is C21H29F5O5. The Morgan fingerprint density at radius 1 is 1.13 bits per heavy atom. The summed E-state index contributed by atoms with van der Waals surface area (Å²) in [7, 11) is 0. The third kappa shape index (κ3) is 3.00. The van der Waals surface area contributed by atoms with Crippen molar-refractivity contribution in [1.82, 2.24) is 0 Å². The molecule has 0 amide bonds. The topological polar surface area (TPSA) is 65.0 Å². The maximum Gasteiger partial charge on any atom is 0.449 e. The van der Waals surface area contributed by atoms with Gasteiger partial charge in [0.1, 0.15) is 11.2 Å². The molecule has 5 rings (SSSR count). The van der Waals surface area contributed by atoms with Crippen molar-refractivity contribution in [2.45, 2.75) is 101 Å². The first-order valence-electron chi connectivity index (χ1n) is 10.8. The number of esters is 1. The van der Waals surface area contributed by atoms with E-state index in [4.69, 9.17) is 9.47 Å². The standard InChI is InChI=1S/C21H29F5O5/c1-5-11(2)15(27)29-17-8-12-6-13(9-17)18(14(7-12)10-17)19(22,23)20(28,21(24,25)26)31-16(3,4)30-18/h11-14,28H,5-10H2,1-4H3. The van der Waals surface area contributed by atoms with Crippen LogP contribution in [-0.2, 0) is 19.0 Å². The number of carbonyl (C=O) groups is 1. The molecule has 31 heavy (non-hydrogen) atoms. The van der Waals surface area contributed by atoms with Gasteiger partial charge in [0.2, 0.25) is 0 Å². The summed E-state index contributed by atoms with van der Waals surface area (Å²) in [5.74, 6) is -14.4. The molecule has 0 aromatic carbocycles. The maximum absolute atomic E-state index is 15.7. The minimum absolute atomic E-state index is 0.0260. The largest absolute Gasteiger partial charge is 0.459 e. The van der Waals surface area contributed by atoms with Crippen LogP contribution in [-0.4, -0.2) is 46.0 Å². The molecule has 4 aliphatic carbocycles. The molecule has 178 valence electrons. The van der Waals surface area contributed by atoms with E-state index in [1.165, 1.54) is 0 Å². The lowest BCUT2D eigenvalue weighted by atomic mass is 9.46. The average molecular weight is 456 g/mol. The van der Waals surface area contributed by atoms with E-state index in [1.54, 1.807) is 6.92 Å². The van der Waals surface area contributed by atoms with Gasteiger partial charge in [-0.25, -0.2) is 0 Å². The van der Waals surface area contributed by atoms with Crippen LogP contribution in [0.5, 0.6) is 0 Å². The fourth-order valence-electron chi connectivity index (χ4n) is 6.59. The highest BCUT2D eigenvalue weighted by molar-refractivity contribution is 5.72. The number of halogens is 5. The van der Waals surface area contributed by atoms with Gasteiger partial charge in [-0.3, -0.25) is 4.79 Å². The van der Waals surface area contributed by atoms with Crippen LogP contribution in [0.15, 0.2) is 0 Å². The second-order valence-corrected chi connectivity index (χ2v) is 10.4. The summed E-state index contributed by atoms with van der Waals surface area (Å²) in [6, 6.07) is 0. The van der Waals surface area contributed by atoms with E-state index in [1.807, 2.05) is 6.92 Å². The molecule has 0 radical (unpaired) electrons. The quantitative estimate of drug-likeness (QED) is 0.498. The molecule has 1 aliphatic heterocycles. The van der Waals surface area contributed by atoms with Crippen molar-refractivity contribution in [3.63, 3.8) is 0 Å². The van der Waals surface area contributed by atoms with Crippen molar-refractivity contribution in [2.75, 3.05) is 0 Å². The summed E-state index contributed by atoms with van der Waals surface area (Å²) in [4.78, 5) is 12.5. The Balaban J connectivity index is 1.76. The Morgan fingerprint density at radius 2 is 1.68 bits per heavy atom. The highest BCUT2D eigenvalue weighted by Crippen LogP contribution is 2.70. The third-order valence-electron chi connectivity index (χ3n) is 7.79. The van der Waals surface area contributed by atoms with Gasteiger partial charge in [-0.1, -0.05) is 13.8 Å². The van der Waals surface area contributed by atoms with Crippen LogP contribution in [0.3, 0.4) is 0 Å². The van der Waals surface area contributed by atoms with Crippen LogP contribution in [0.25, 0.3) is 0 Å². The van der Waals surface area contributed by atoms with E-state index >= 15 is 8.78 Å². The fourth-order valence-corrected chi connectivity index (χ4v) is 6.59. The summed E-state index contributed by atoms with van der Waals surface area (Å²) in [6.07, 6.45) is -4.28. The van der Waals surface area contributed by atoms with Gasteiger partial charge in [0.05, 0.1) is 5.92 Å². The lowest BCUT2D eigenvalue weighted by Gasteiger charge is -2.69. The molecule has 10 heteroatoms. The predicted molar refractivity (Wildman–Crippen MR) is 96.8 cm³/mol. The third-order valence-corrected chi connectivity index (χ3v) is 7.79. The Labute approximate surface area is 177 Å². The van der Waals surface area contributed by atoms with Crippen molar-refractivity contribution in [1.29, 1.82) is 0 Å². The minimum atomic E-state index is -5.74. The minimum Gasteiger partial charge on any atom is -0.459 e. The normalized spacial score (nSPS) is 46.2. The Bertz CT molecular complexity index is 750. The van der Waals surface area contributed by atoms with Gasteiger partial charge in [-0.2, -0.15) is 22.0 Å². The second kappa shape index (κ2) is 6.53. The van der Waals surface area contributed by atoms with E-state index < -0.39 is 52.7 Å². The highest BCUT2D eigenvalue weighted by atomic mass is 19.4. The monoisotopic (exact) mass is 456 g/mol. The molecule has 5 fully saturated rings. The van der Waals surface area contributed by atoms with Gasteiger partial charge in [0.15, 0.2) is 5.79 Å². The highest BCUT2D eigenvalue weighted by Gasteiger charge is 2.87. The van der Waals surface area contributed by atoms with Crippen LogP contribution >= 0.6 is 0 Å². The number of rotatable bonds is 3. The van der Waals surface area contributed by atoms with Gasteiger partial charge in [-0.15, -0.1) is 0 Å². The van der Waals surface area contributed by atoms with E-state index in [-0.39, 0.29) is 37.5 Å². The molecule has 1 saturated heterocycles. The zero-order valence-corrected chi connectivity index (χ0v) is 18.0. The summed E-state index contributed by atoms with van der Waals surface area (Å²) < 4.78 is 88.7. The van der Waals surface area contributed by atoms with Crippen molar-refractivity contribution >= 4 is 5.97 Å². The van der Waals surface area contributed by atoms with Crippen LogP contribution in [0, 0.1) is 23.7 Å². The average Bonchev–Trinajstić information content (AvgIpc) is 2.60. The van der Waals surface area contributed by atoms with Crippen molar-refractivity contribution < 1.29 is 46.1 Å². The number of ether oxygens (including phenoxy) is 3. The molecule has 4 atom stereocenters. The van der Waals surface area contributed by atoms with Crippen molar-refractivity contribution in [3.05, 3.63) is 0 Å². The first-order valence-corrected chi connectivity index (χ1v) is 10.8. The van der Waals surface area contributed by atoms with Crippen LogP contribution in [0.4, 0.5) is 22.0 Å². The molecule has 4 bridgehead atoms. The van der Waals surface area contributed by atoms with Gasteiger partial charge >= 0.3 is 23.9 Å². The van der Waals surface area contributed by atoms with Crippen LogP contribution in [0.1, 0.15) is 66.2 Å². The summed E-state index contributed by atoms with van der Waals surface area (Å²) >= 11 is 0. The van der Waals surface area contributed by atoms with Gasteiger partial charge in [-0.05, 0) is 70.1 Å². The van der Waals surface area contributed by atoms with E-state index in [0.29, 0.717) is 12.8 Å². The molecule has 1 N–H and O–H groups in total. The molecule has 1 spiro atoms. The van der Waals surface area contributed by atoms with E-state index in [2.05, 4.69) is 4.74 Å². The first kappa shape index (κ1) is 23.2. The Hall–Kier alpha value is -1.00. The lowest BCUT2D eigenvalue weighted by molar-refractivity contribution is -0.560. The number of hydrogen-bond donors (Lipinski definition) is 1. The smallest absolute Gasteiger partial charge is 0.449 e.